The summed E-state index contributed by atoms with van der Waals surface area (Å²) in [5, 5.41) is 98.8. The van der Waals surface area contributed by atoms with Gasteiger partial charge in [-0.2, -0.15) is 0 Å². The van der Waals surface area contributed by atoms with Crippen molar-refractivity contribution in [3.8, 4) is 0 Å². The lowest BCUT2D eigenvalue weighted by Crippen LogP contribution is -2.40. The van der Waals surface area contributed by atoms with Gasteiger partial charge in [-0.1, -0.05) is 13.8 Å². The Morgan fingerprint density at radius 3 is 0.896 bits per heavy atom. The third kappa shape index (κ3) is 49.4. The first-order chi connectivity index (χ1) is 45.9. The molecule has 0 aliphatic heterocycles. The summed E-state index contributed by atoms with van der Waals surface area (Å²) in [4.78, 5) is 116. The SMILES string of the molecule is CCC(CO)OC(COC(=O)CCC(=O)O)OCC(CO)OC(COC(=O)CCC(=O)NCC(=O)OC)OCC(CO)OC(CO)OC.CCC(COC(=O)CCC(=O)O)OC(CO)OCC(COC(=O)CCC(=O)NCC(=O)OC)OC(CO)OCC(CO)OC(CO)OC. The number of methoxy groups -OCH3 is 4. The summed E-state index contributed by atoms with van der Waals surface area (Å²) in [5.74, 6) is -8.21. The van der Waals surface area contributed by atoms with E-state index in [1.54, 1.807) is 13.8 Å². The molecule has 0 radical (unpaired) electrons. The summed E-state index contributed by atoms with van der Waals surface area (Å²) in [6.45, 7) is -5.31. The predicted molar refractivity (Wildman–Crippen MR) is 313 cm³/mol. The van der Waals surface area contributed by atoms with Gasteiger partial charge in [-0.05, 0) is 12.8 Å². The average Bonchev–Trinajstić information content (AvgIpc) is 1.66. The fraction of sp³-hybridized carbons (Fsp3) is 0.821. The van der Waals surface area contributed by atoms with Gasteiger partial charge >= 0.3 is 47.8 Å². The third-order valence-corrected chi connectivity index (χ3v) is 11.9. The van der Waals surface area contributed by atoms with Gasteiger partial charge in [0, 0.05) is 27.1 Å². The van der Waals surface area contributed by atoms with Crippen LogP contribution in [0.1, 0.15) is 78.1 Å². The van der Waals surface area contributed by atoms with E-state index in [0.29, 0.717) is 12.8 Å². The number of rotatable bonds is 60. The summed E-state index contributed by atoms with van der Waals surface area (Å²) < 4.78 is 94.5. The number of ether oxygens (including phenoxy) is 18. The van der Waals surface area contributed by atoms with Crippen molar-refractivity contribution in [3.05, 3.63) is 0 Å². The fourth-order valence-corrected chi connectivity index (χ4v) is 6.56. The second-order valence-corrected chi connectivity index (χ2v) is 19.4. The zero-order valence-corrected chi connectivity index (χ0v) is 54.6. The fourth-order valence-electron chi connectivity index (χ4n) is 6.56. The highest BCUT2D eigenvalue weighted by Crippen LogP contribution is 2.14. The van der Waals surface area contributed by atoms with Crippen LogP contribution in [0.2, 0.25) is 0 Å². The standard InChI is InChI=1S/2C28H49NO19/c1-4-18(14-42-24(38)8-6-22(35)36)46-27(12-32)45-17-20(16-43-23(37)7-5-21(34)29-9-25(39)40-2)48-28(13-33)44-15-19(10-30)47-26(11-31)41-3;1-4-18(10-30)46-27(16-43-24(38)8-6-22(35)36)44-15-20(12-32)48-28(45-14-19(11-31)47-26(13-33)41-3)17-42-23(37)7-5-21(34)29-9-25(39)40-2/h2*18-20,26-28,30-33H,4-17H2,1-3H3,(H,29,34)(H,35,36). The maximum absolute atomic E-state index is 12.3. The van der Waals surface area contributed by atoms with Crippen LogP contribution in [-0.4, -0.2) is 332 Å². The maximum atomic E-state index is 12.3. The van der Waals surface area contributed by atoms with Crippen molar-refractivity contribution in [3.63, 3.8) is 0 Å². The Kier molecular flexibility index (Phi) is 56.5. The molecular weight excluding hydrogens is 1310 g/mol. The lowest BCUT2D eigenvalue weighted by atomic mass is 10.3. The van der Waals surface area contributed by atoms with Crippen molar-refractivity contribution in [1.29, 1.82) is 0 Å². The average molecular weight is 1410 g/mol. The zero-order valence-electron chi connectivity index (χ0n) is 54.6. The van der Waals surface area contributed by atoms with E-state index in [1.165, 1.54) is 14.2 Å². The largest absolute Gasteiger partial charge is 0.481 e. The number of esters is 6. The molecular formula is C56H98N2O38. The molecule has 0 fully saturated rings. The molecule has 40 nitrogen and oxygen atoms in total. The third-order valence-electron chi connectivity index (χ3n) is 11.9. The van der Waals surface area contributed by atoms with Gasteiger partial charge in [0.2, 0.25) is 11.8 Å². The van der Waals surface area contributed by atoms with Crippen LogP contribution in [0.15, 0.2) is 0 Å². The highest BCUT2D eigenvalue weighted by molar-refractivity contribution is 5.85. The van der Waals surface area contributed by atoms with Crippen molar-refractivity contribution in [2.24, 2.45) is 0 Å². The van der Waals surface area contributed by atoms with Crippen molar-refractivity contribution in [1.82, 2.24) is 10.6 Å². The van der Waals surface area contributed by atoms with Crippen LogP contribution in [0, 0.1) is 0 Å². The minimum atomic E-state index is -1.41. The molecule has 0 rings (SSSR count). The Morgan fingerprint density at radius 2 is 0.583 bits per heavy atom. The van der Waals surface area contributed by atoms with Gasteiger partial charge in [0.15, 0.2) is 37.7 Å². The number of nitrogens with one attached hydrogen (secondary N) is 2. The Morgan fingerprint density at radius 1 is 0.302 bits per heavy atom. The van der Waals surface area contributed by atoms with E-state index in [9.17, 15) is 88.8 Å². The number of aliphatic hydroxyl groups excluding tert-OH is 8. The van der Waals surface area contributed by atoms with Gasteiger partial charge in [0.05, 0.1) is 144 Å². The Labute approximate surface area is 553 Å². The second kappa shape index (κ2) is 59.0. The lowest BCUT2D eigenvalue weighted by Gasteiger charge is -2.28. The topological polar surface area (TPSA) is 563 Å². The van der Waals surface area contributed by atoms with Crippen molar-refractivity contribution < 1.29 is 184 Å². The van der Waals surface area contributed by atoms with Crippen molar-refractivity contribution >= 4 is 59.6 Å². The number of amides is 2. The first-order valence-electron chi connectivity index (χ1n) is 29.9. The van der Waals surface area contributed by atoms with E-state index < -0.39 is 239 Å². The summed E-state index contributed by atoms with van der Waals surface area (Å²) in [5.41, 5.74) is 0. The van der Waals surface area contributed by atoms with E-state index in [-0.39, 0.29) is 65.0 Å². The number of aliphatic carboxylic acids is 2. The Bertz CT molecular complexity index is 2070. The second-order valence-electron chi connectivity index (χ2n) is 19.4. The molecule has 0 aromatic heterocycles. The van der Waals surface area contributed by atoms with E-state index in [4.69, 9.17) is 86.0 Å². The van der Waals surface area contributed by atoms with Gasteiger partial charge in [0.1, 0.15) is 63.9 Å². The van der Waals surface area contributed by atoms with Gasteiger partial charge in [-0.15, -0.1) is 0 Å². The molecule has 0 spiro atoms. The van der Waals surface area contributed by atoms with Gasteiger partial charge in [-0.3, -0.25) is 47.9 Å². The Hall–Kier alpha value is -6.10. The highest BCUT2D eigenvalue weighted by Gasteiger charge is 2.28. The number of hydrogen-bond acceptors (Lipinski definition) is 36. The highest BCUT2D eigenvalue weighted by atomic mass is 16.8. The van der Waals surface area contributed by atoms with Crippen LogP contribution >= 0.6 is 0 Å². The number of hydrogen-bond donors (Lipinski definition) is 12. The number of carboxylic acids is 2. The van der Waals surface area contributed by atoms with Gasteiger partial charge in [0.25, 0.3) is 0 Å². The molecule has 0 heterocycles. The van der Waals surface area contributed by atoms with Gasteiger partial charge in [-0.25, -0.2) is 0 Å². The van der Waals surface area contributed by atoms with E-state index in [2.05, 4.69) is 20.1 Å². The summed E-state index contributed by atoms with van der Waals surface area (Å²) in [6, 6.07) is 0. The van der Waals surface area contributed by atoms with Crippen LogP contribution in [-0.2, 0) is 133 Å². The number of aliphatic hydroxyl groups is 8. The van der Waals surface area contributed by atoms with Crippen molar-refractivity contribution in [2.45, 2.75) is 152 Å². The van der Waals surface area contributed by atoms with Gasteiger partial charge < -0.3 is 147 Å². The number of carbonyl (C=O) groups excluding carboxylic acids is 8. The van der Waals surface area contributed by atoms with E-state index in [0.717, 1.165) is 14.2 Å². The molecule has 12 unspecified atom stereocenters. The maximum Gasteiger partial charge on any atom is 0.325 e. The van der Waals surface area contributed by atoms with E-state index in [1.807, 2.05) is 0 Å². The smallest absolute Gasteiger partial charge is 0.325 e. The molecule has 2 amide bonds. The van der Waals surface area contributed by atoms with Crippen LogP contribution in [0.25, 0.3) is 0 Å². The minimum Gasteiger partial charge on any atom is -0.481 e. The molecule has 0 aliphatic carbocycles. The summed E-state index contributed by atoms with van der Waals surface area (Å²) >= 11 is 0. The first kappa shape index (κ1) is 92.0. The summed E-state index contributed by atoms with van der Waals surface area (Å²) in [7, 11) is 4.83. The van der Waals surface area contributed by atoms with Crippen molar-refractivity contribution in [2.75, 3.05) is 147 Å². The molecule has 0 aliphatic rings. The molecule has 12 atom stereocenters. The van der Waals surface area contributed by atoms with Crippen LogP contribution in [0.4, 0.5) is 0 Å². The molecule has 0 aromatic rings. The lowest BCUT2D eigenvalue weighted by molar-refractivity contribution is -0.254. The van der Waals surface area contributed by atoms with Crippen LogP contribution < -0.4 is 10.6 Å². The molecule has 0 saturated heterocycles. The molecule has 0 aromatic carbocycles. The van der Waals surface area contributed by atoms with E-state index >= 15 is 0 Å². The predicted octanol–water partition coefficient (Wildman–Crippen LogP) is -5.60. The van der Waals surface area contributed by atoms with Crippen LogP contribution in [0.3, 0.4) is 0 Å². The summed E-state index contributed by atoms with van der Waals surface area (Å²) in [6.07, 6.45) is -15.7. The molecule has 12 N–H and O–H groups in total. The Balaban J connectivity index is 0. The quantitative estimate of drug-likeness (QED) is 0.0153. The minimum absolute atomic E-state index is 0.256. The molecule has 0 bridgehead atoms. The first-order valence-corrected chi connectivity index (χ1v) is 29.9. The molecule has 96 heavy (non-hydrogen) atoms. The monoisotopic (exact) mass is 1410 g/mol. The molecule has 560 valence electrons. The molecule has 0 saturated carbocycles. The van der Waals surface area contributed by atoms with Crippen LogP contribution in [0.5, 0.6) is 0 Å². The number of carboxylic acid groups (broad SMARTS) is 2. The zero-order chi connectivity index (χ0) is 72.6. The normalized spacial score (nSPS) is 15.0. The molecule has 40 heteroatoms. The number of carbonyl (C=O) groups is 10.